The molecule has 1 aromatic carbocycles. The minimum Gasteiger partial charge on any atom is -0.497 e. The maximum absolute atomic E-state index is 5.28. The van der Waals surface area contributed by atoms with Crippen LogP contribution in [0.2, 0.25) is 0 Å². The molecule has 2 rings (SSSR count). The van der Waals surface area contributed by atoms with E-state index in [0.717, 1.165) is 22.3 Å². The van der Waals surface area contributed by atoms with Crippen molar-refractivity contribution in [2.75, 3.05) is 25.5 Å². The number of hydrogen-bond donors (Lipinski definition) is 3. The Bertz CT molecular complexity index is 593. The van der Waals surface area contributed by atoms with Gasteiger partial charge in [0, 0.05) is 24.2 Å². The lowest BCUT2D eigenvalue weighted by Gasteiger charge is -2.10. The molecule has 0 aliphatic rings. The molecule has 5 N–H and O–H groups in total. The van der Waals surface area contributed by atoms with E-state index in [4.69, 9.17) is 16.2 Å². The van der Waals surface area contributed by atoms with Crippen LogP contribution in [0.15, 0.2) is 35.5 Å². The van der Waals surface area contributed by atoms with Gasteiger partial charge in [-0.25, -0.2) is 0 Å². The van der Waals surface area contributed by atoms with Gasteiger partial charge in [0.1, 0.15) is 5.75 Å². The Morgan fingerprint density at radius 3 is 3.00 bits per heavy atom. The van der Waals surface area contributed by atoms with Crippen molar-refractivity contribution in [3.8, 4) is 5.75 Å². The van der Waals surface area contributed by atoms with Gasteiger partial charge in [0.2, 0.25) is 0 Å². The largest absolute Gasteiger partial charge is 0.497 e. The van der Waals surface area contributed by atoms with Gasteiger partial charge >= 0.3 is 0 Å². The Morgan fingerprint density at radius 2 is 2.26 bits per heavy atom. The van der Waals surface area contributed by atoms with Crippen molar-refractivity contribution in [2.45, 2.75) is 0 Å². The summed E-state index contributed by atoms with van der Waals surface area (Å²) in [5.74, 6) is 0.875. The van der Waals surface area contributed by atoms with Crippen LogP contribution < -0.4 is 21.5 Å². The van der Waals surface area contributed by atoms with E-state index in [-0.39, 0.29) is 5.96 Å². The van der Waals surface area contributed by atoms with E-state index >= 15 is 0 Å². The molecule has 0 fully saturated rings. The molecule has 0 saturated carbocycles. The van der Waals surface area contributed by atoms with E-state index < -0.39 is 0 Å². The fourth-order valence-electron chi connectivity index (χ4n) is 1.79. The van der Waals surface area contributed by atoms with E-state index in [2.05, 4.69) is 15.3 Å². The Kier molecular flexibility index (Phi) is 4.02. The van der Waals surface area contributed by atoms with Crippen LogP contribution in [0.5, 0.6) is 5.75 Å². The number of pyridine rings is 1. The van der Waals surface area contributed by atoms with Gasteiger partial charge in [0.05, 0.1) is 24.9 Å². The standard InChI is InChI=1S/C13H17N5O/c1-19-10-7-9-3-2-4-17-12(9)11(8-10)16-5-6-18-13(14)15/h2-4,7-8,16H,5-6H2,1H3,(H4,14,15,18). The van der Waals surface area contributed by atoms with Crippen LogP contribution >= 0.6 is 0 Å². The molecule has 1 aromatic heterocycles. The zero-order valence-corrected chi connectivity index (χ0v) is 10.8. The van der Waals surface area contributed by atoms with Gasteiger partial charge < -0.3 is 21.5 Å². The van der Waals surface area contributed by atoms with Crippen molar-refractivity contribution in [1.82, 2.24) is 4.98 Å². The first-order chi connectivity index (χ1) is 9.20. The summed E-state index contributed by atoms with van der Waals surface area (Å²) >= 11 is 0. The highest BCUT2D eigenvalue weighted by molar-refractivity contribution is 5.91. The highest BCUT2D eigenvalue weighted by Crippen LogP contribution is 2.27. The summed E-state index contributed by atoms with van der Waals surface area (Å²) in [4.78, 5) is 8.29. The first-order valence-electron chi connectivity index (χ1n) is 5.92. The lowest BCUT2D eigenvalue weighted by atomic mass is 10.2. The maximum atomic E-state index is 5.28. The predicted molar refractivity (Wildman–Crippen MR) is 77.5 cm³/mol. The average Bonchev–Trinajstić information content (AvgIpc) is 2.42. The van der Waals surface area contributed by atoms with Gasteiger partial charge in [0.15, 0.2) is 5.96 Å². The van der Waals surface area contributed by atoms with Crippen LogP contribution in [0.1, 0.15) is 0 Å². The molecular formula is C13H17N5O. The molecule has 6 nitrogen and oxygen atoms in total. The summed E-state index contributed by atoms with van der Waals surface area (Å²) in [7, 11) is 1.64. The monoisotopic (exact) mass is 259 g/mol. The van der Waals surface area contributed by atoms with Crippen LogP contribution in [0.25, 0.3) is 10.9 Å². The second kappa shape index (κ2) is 5.90. The molecule has 0 amide bonds. The molecule has 100 valence electrons. The molecule has 0 aliphatic carbocycles. The van der Waals surface area contributed by atoms with E-state index in [1.807, 2.05) is 24.3 Å². The van der Waals surface area contributed by atoms with Crippen molar-refractivity contribution in [1.29, 1.82) is 0 Å². The van der Waals surface area contributed by atoms with E-state index in [1.165, 1.54) is 0 Å². The van der Waals surface area contributed by atoms with Crippen molar-refractivity contribution in [2.24, 2.45) is 16.5 Å². The van der Waals surface area contributed by atoms with Gasteiger partial charge in [-0.2, -0.15) is 0 Å². The number of guanidine groups is 1. The minimum absolute atomic E-state index is 0.0930. The summed E-state index contributed by atoms with van der Waals surface area (Å²) in [5, 5.41) is 4.28. The van der Waals surface area contributed by atoms with Crippen molar-refractivity contribution in [3.05, 3.63) is 30.5 Å². The SMILES string of the molecule is COc1cc(NCCN=C(N)N)c2ncccc2c1. The number of fused-ring (bicyclic) bond motifs is 1. The summed E-state index contributed by atoms with van der Waals surface area (Å²) in [6, 6.07) is 7.74. The lowest BCUT2D eigenvalue weighted by molar-refractivity contribution is 0.415. The summed E-state index contributed by atoms with van der Waals surface area (Å²) in [6.45, 7) is 1.13. The number of ether oxygens (including phenoxy) is 1. The van der Waals surface area contributed by atoms with Crippen LogP contribution in [-0.2, 0) is 0 Å². The number of methoxy groups -OCH3 is 1. The van der Waals surface area contributed by atoms with Gasteiger partial charge in [-0.3, -0.25) is 9.98 Å². The maximum Gasteiger partial charge on any atom is 0.185 e. The van der Waals surface area contributed by atoms with Crippen molar-refractivity contribution in [3.63, 3.8) is 0 Å². The Hall–Kier alpha value is -2.50. The summed E-state index contributed by atoms with van der Waals surface area (Å²) in [6.07, 6.45) is 1.76. The zero-order chi connectivity index (χ0) is 13.7. The van der Waals surface area contributed by atoms with Crippen molar-refractivity contribution < 1.29 is 4.74 Å². The number of aromatic nitrogens is 1. The first kappa shape index (κ1) is 12.9. The fraction of sp³-hybridized carbons (Fsp3) is 0.231. The number of aliphatic imine (C=N–C) groups is 1. The van der Waals surface area contributed by atoms with Gasteiger partial charge in [-0.15, -0.1) is 0 Å². The molecule has 0 aliphatic heterocycles. The van der Waals surface area contributed by atoms with Crippen LogP contribution in [-0.4, -0.2) is 31.1 Å². The molecule has 1 heterocycles. The highest BCUT2D eigenvalue weighted by atomic mass is 16.5. The number of hydrogen-bond acceptors (Lipinski definition) is 4. The molecule has 0 spiro atoms. The third kappa shape index (κ3) is 3.25. The second-order valence-corrected chi connectivity index (χ2v) is 3.98. The van der Waals surface area contributed by atoms with Gasteiger partial charge in [-0.1, -0.05) is 6.07 Å². The van der Waals surface area contributed by atoms with Crippen molar-refractivity contribution >= 4 is 22.5 Å². The Morgan fingerprint density at radius 1 is 1.42 bits per heavy atom. The predicted octanol–water partition coefficient (Wildman–Crippen LogP) is 0.929. The molecule has 0 radical (unpaired) electrons. The van der Waals surface area contributed by atoms with Gasteiger partial charge in [0.25, 0.3) is 0 Å². The topological polar surface area (TPSA) is 98.5 Å². The van der Waals surface area contributed by atoms with E-state index in [1.54, 1.807) is 13.3 Å². The first-order valence-corrected chi connectivity index (χ1v) is 5.92. The lowest BCUT2D eigenvalue weighted by Crippen LogP contribution is -2.24. The quantitative estimate of drug-likeness (QED) is 0.421. The summed E-state index contributed by atoms with van der Waals surface area (Å²) in [5.41, 5.74) is 12.4. The molecular weight excluding hydrogens is 242 g/mol. The molecule has 2 aromatic rings. The number of nitrogens with two attached hydrogens (primary N) is 2. The third-order valence-electron chi connectivity index (χ3n) is 2.64. The summed E-state index contributed by atoms with van der Waals surface area (Å²) < 4.78 is 5.27. The minimum atomic E-state index is 0.0930. The molecule has 19 heavy (non-hydrogen) atoms. The number of nitrogens with zero attached hydrogens (tertiary/aromatic N) is 2. The zero-order valence-electron chi connectivity index (χ0n) is 10.8. The fourth-order valence-corrected chi connectivity index (χ4v) is 1.79. The van der Waals surface area contributed by atoms with Crippen LogP contribution in [0.4, 0.5) is 5.69 Å². The Labute approximate surface area is 111 Å². The molecule has 6 heteroatoms. The third-order valence-corrected chi connectivity index (χ3v) is 2.64. The van der Waals surface area contributed by atoms with Crippen LogP contribution in [0.3, 0.4) is 0 Å². The second-order valence-electron chi connectivity index (χ2n) is 3.98. The van der Waals surface area contributed by atoms with E-state index in [9.17, 15) is 0 Å². The smallest absolute Gasteiger partial charge is 0.185 e. The van der Waals surface area contributed by atoms with Gasteiger partial charge in [-0.05, 0) is 12.1 Å². The average molecular weight is 259 g/mol. The number of anilines is 1. The van der Waals surface area contributed by atoms with E-state index in [0.29, 0.717) is 13.1 Å². The molecule has 0 atom stereocenters. The van der Waals surface area contributed by atoms with Crippen LogP contribution in [0, 0.1) is 0 Å². The Balaban J connectivity index is 2.23. The highest BCUT2D eigenvalue weighted by Gasteiger charge is 2.04. The number of benzene rings is 1. The molecule has 0 bridgehead atoms. The molecule has 0 saturated heterocycles. The normalized spacial score (nSPS) is 10.2. The number of nitrogens with one attached hydrogen (secondary N) is 1. The molecule has 0 unspecified atom stereocenters. The number of rotatable bonds is 5.